The average Bonchev–Trinajstić information content (AvgIpc) is 3.34. The first kappa shape index (κ1) is 20.7. The van der Waals surface area contributed by atoms with E-state index in [1.165, 1.54) is 22.0 Å². The predicted octanol–water partition coefficient (Wildman–Crippen LogP) is 3.16. The molecule has 1 atom stereocenters. The lowest BCUT2D eigenvalue weighted by Gasteiger charge is -2.12. The summed E-state index contributed by atoms with van der Waals surface area (Å²) in [5.41, 5.74) is 3.82. The summed E-state index contributed by atoms with van der Waals surface area (Å²) in [5, 5.41) is 8.05. The van der Waals surface area contributed by atoms with E-state index < -0.39 is 0 Å². The minimum absolute atomic E-state index is 0.302. The van der Waals surface area contributed by atoms with E-state index in [0.717, 1.165) is 64.5 Å². The third-order valence-corrected chi connectivity index (χ3v) is 5.00. The molecule has 0 spiro atoms. The largest absolute Gasteiger partial charge is 0.379 e. The molecule has 6 heteroatoms. The van der Waals surface area contributed by atoms with E-state index in [1.807, 2.05) is 0 Å². The van der Waals surface area contributed by atoms with Gasteiger partial charge in [0.1, 0.15) is 0 Å². The van der Waals surface area contributed by atoms with Crippen LogP contribution in [0.5, 0.6) is 0 Å². The number of fused-ring (bicyclic) bond motifs is 1. The minimum atomic E-state index is 0.302. The monoisotopic (exact) mass is 386 g/mol. The molecular weight excluding hydrogens is 352 g/mol. The highest BCUT2D eigenvalue weighted by Gasteiger charge is 2.14. The van der Waals surface area contributed by atoms with Crippen molar-refractivity contribution in [2.45, 2.75) is 45.6 Å². The molecule has 6 nitrogen and oxygen atoms in total. The molecule has 0 amide bonds. The van der Waals surface area contributed by atoms with Gasteiger partial charge in [0.15, 0.2) is 5.96 Å². The van der Waals surface area contributed by atoms with Crippen molar-refractivity contribution in [3.05, 3.63) is 35.5 Å². The molecule has 1 aliphatic rings. The second kappa shape index (κ2) is 11.1. The number of nitrogens with zero attached hydrogens (tertiary/aromatic N) is 1. The van der Waals surface area contributed by atoms with Gasteiger partial charge < -0.3 is 25.1 Å². The van der Waals surface area contributed by atoms with Crippen LogP contribution in [0.4, 0.5) is 0 Å². The Bertz CT molecular complexity index is 750. The van der Waals surface area contributed by atoms with Crippen LogP contribution in [0.25, 0.3) is 10.9 Å². The average molecular weight is 387 g/mol. The number of H-pyrrole nitrogens is 1. The van der Waals surface area contributed by atoms with Gasteiger partial charge in [-0.2, -0.15) is 0 Å². The van der Waals surface area contributed by atoms with Crippen LogP contribution in [0.3, 0.4) is 0 Å². The second-order valence-corrected chi connectivity index (χ2v) is 7.36. The SMILES string of the molecule is CCNC(=NCCCOCC1CCCO1)NCCc1c[nH]c2cc(C)ccc12. The predicted molar refractivity (Wildman–Crippen MR) is 115 cm³/mol. The Morgan fingerprint density at radius 3 is 3.11 bits per heavy atom. The Morgan fingerprint density at radius 1 is 1.36 bits per heavy atom. The standard InChI is InChI=1S/C22H34N4O2/c1-3-23-22(24-10-5-12-27-16-19-6-4-13-28-19)25-11-9-18-15-26-21-14-17(2)7-8-20(18)21/h7-8,14-15,19,26H,3-6,9-13,16H2,1-2H3,(H2,23,24,25). The normalized spacial score (nSPS) is 17.4. The molecule has 154 valence electrons. The zero-order chi connectivity index (χ0) is 19.6. The molecule has 1 aliphatic heterocycles. The van der Waals surface area contributed by atoms with Crippen LogP contribution < -0.4 is 10.6 Å². The van der Waals surface area contributed by atoms with E-state index in [1.54, 1.807) is 0 Å². The first-order chi connectivity index (χ1) is 13.8. The molecule has 3 rings (SSSR count). The Balaban J connectivity index is 1.37. The quantitative estimate of drug-likeness (QED) is 0.333. The van der Waals surface area contributed by atoms with Crippen LogP contribution >= 0.6 is 0 Å². The second-order valence-electron chi connectivity index (χ2n) is 7.36. The number of guanidine groups is 1. The summed E-state index contributed by atoms with van der Waals surface area (Å²) in [5.74, 6) is 0.873. The molecule has 3 N–H and O–H groups in total. The Morgan fingerprint density at radius 2 is 2.29 bits per heavy atom. The summed E-state index contributed by atoms with van der Waals surface area (Å²) in [6.07, 6.45) is 6.58. The van der Waals surface area contributed by atoms with Crippen molar-refractivity contribution in [2.24, 2.45) is 4.99 Å². The lowest BCUT2D eigenvalue weighted by atomic mass is 10.1. The molecule has 1 aromatic carbocycles. The highest BCUT2D eigenvalue weighted by Crippen LogP contribution is 2.19. The summed E-state index contributed by atoms with van der Waals surface area (Å²) in [6, 6.07) is 6.56. The van der Waals surface area contributed by atoms with Gasteiger partial charge in [-0.15, -0.1) is 0 Å². The van der Waals surface area contributed by atoms with Gasteiger partial charge in [0, 0.05) is 49.9 Å². The van der Waals surface area contributed by atoms with Crippen molar-refractivity contribution in [1.82, 2.24) is 15.6 Å². The van der Waals surface area contributed by atoms with Gasteiger partial charge >= 0.3 is 0 Å². The molecule has 0 saturated carbocycles. The number of aliphatic imine (C=N–C) groups is 1. The fraction of sp³-hybridized carbons (Fsp3) is 0.591. The Kier molecular flexibility index (Phi) is 8.18. The van der Waals surface area contributed by atoms with Crippen molar-refractivity contribution in [3.8, 4) is 0 Å². The van der Waals surface area contributed by atoms with Crippen molar-refractivity contribution < 1.29 is 9.47 Å². The smallest absolute Gasteiger partial charge is 0.191 e. The van der Waals surface area contributed by atoms with E-state index >= 15 is 0 Å². The molecular formula is C22H34N4O2. The number of rotatable bonds is 10. The molecule has 0 bridgehead atoms. The van der Waals surface area contributed by atoms with Crippen LogP contribution in [0.15, 0.2) is 29.4 Å². The first-order valence-electron chi connectivity index (χ1n) is 10.5. The molecule has 1 fully saturated rings. The molecule has 0 aliphatic carbocycles. The van der Waals surface area contributed by atoms with E-state index in [4.69, 9.17) is 9.47 Å². The number of nitrogens with one attached hydrogen (secondary N) is 3. The number of hydrogen-bond donors (Lipinski definition) is 3. The molecule has 1 saturated heterocycles. The van der Waals surface area contributed by atoms with Gasteiger partial charge in [0.25, 0.3) is 0 Å². The van der Waals surface area contributed by atoms with Crippen molar-refractivity contribution >= 4 is 16.9 Å². The number of ether oxygens (including phenoxy) is 2. The number of aryl methyl sites for hydroxylation is 1. The number of benzene rings is 1. The number of aromatic nitrogens is 1. The maximum Gasteiger partial charge on any atom is 0.191 e. The van der Waals surface area contributed by atoms with Crippen LogP contribution in [-0.2, 0) is 15.9 Å². The number of hydrogen-bond acceptors (Lipinski definition) is 3. The molecule has 2 heterocycles. The molecule has 1 unspecified atom stereocenters. The maximum absolute atomic E-state index is 5.70. The molecule has 0 radical (unpaired) electrons. The van der Waals surface area contributed by atoms with Crippen molar-refractivity contribution in [1.29, 1.82) is 0 Å². The number of aromatic amines is 1. The Labute approximate surface area is 168 Å². The fourth-order valence-corrected chi connectivity index (χ4v) is 3.51. The Hall–Kier alpha value is -2.05. The highest BCUT2D eigenvalue weighted by molar-refractivity contribution is 5.84. The van der Waals surface area contributed by atoms with Crippen LogP contribution in [-0.4, -0.2) is 56.5 Å². The van der Waals surface area contributed by atoms with Gasteiger partial charge in [0.2, 0.25) is 0 Å². The van der Waals surface area contributed by atoms with Crippen LogP contribution in [0.1, 0.15) is 37.3 Å². The molecule has 1 aromatic heterocycles. The van der Waals surface area contributed by atoms with Crippen LogP contribution in [0, 0.1) is 6.92 Å². The van der Waals surface area contributed by atoms with E-state index in [-0.39, 0.29) is 0 Å². The third-order valence-electron chi connectivity index (χ3n) is 5.00. The third kappa shape index (κ3) is 6.24. The summed E-state index contributed by atoms with van der Waals surface area (Å²) in [4.78, 5) is 8.02. The minimum Gasteiger partial charge on any atom is -0.379 e. The zero-order valence-electron chi connectivity index (χ0n) is 17.2. The van der Waals surface area contributed by atoms with Gasteiger partial charge in [-0.3, -0.25) is 4.99 Å². The van der Waals surface area contributed by atoms with E-state index in [2.05, 4.69) is 58.9 Å². The van der Waals surface area contributed by atoms with Gasteiger partial charge in [-0.05, 0) is 56.7 Å². The van der Waals surface area contributed by atoms with Gasteiger partial charge in [0.05, 0.1) is 12.7 Å². The molecule has 2 aromatic rings. The van der Waals surface area contributed by atoms with Gasteiger partial charge in [-0.25, -0.2) is 0 Å². The fourth-order valence-electron chi connectivity index (χ4n) is 3.51. The summed E-state index contributed by atoms with van der Waals surface area (Å²) < 4.78 is 11.3. The van der Waals surface area contributed by atoms with Crippen molar-refractivity contribution in [3.63, 3.8) is 0 Å². The van der Waals surface area contributed by atoms with Crippen LogP contribution in [0.2, 0.25) is 0 Å². The van der Waals surface area contributed by atoms with Gasteiger partial charge in [-0.1, -0.05) is 12.1 Å². The lowest BCUT2D eigenvalue weighted by Crippen LogP contribution is -2.38. The first-order valence-corrected chi connectivity index (χ1v) is 10.5. The summed E-state index contributed by atoms with van der Waals surface area (Å²) in [7, 11) is 0. The van der Waals surface area contributed by atoms with E-state index in [0.29, 0.717) is 12.7 Å². The summed E-state index contributed by atoms with van der Waals surface area (Å²) in [6.45, 7) is 9.00. The highest BCUT2D eigenvalue weighted by atomic mass is 16.5. The summed E-state index contributed by atoms with van der Waals surface area (Å²) >= 11 is 0. The lowest BCUT2D eigenvalue weighted by molar-refractivity contribution is 0.0171. The molecule has 28 heavy (non-hydrogen) atoms. The maximum atomic E-state index is 5.70. The van der Waals surface area contributed by atoms with E-state index in [9.17, 15) is 0 Å². The van der Waals surface area contributed by atoms with Crippen molar-refractivity contribution in [2.75, 3.05) is 39.5 Å². The topological polar surface area (TPSA) is 70.7 Å². The zero-order valence-corrected chi connectivity index (χ0v) is 17.2.